The van der Waals surface area contributed by atoms with Crippen molar-refractivity contribution in [3.05, 3.63) is 65.0 Å². The number of halogens is 3. The average molecular weight is 361 g/mol. The molecular formula is C19H14F3NO3. The van der Waals surface area contributed by atoms with Crippen LogP contribution in [0.15, 0.2) is 47.5 Å². The highest BCUT2D eigenvalue weighted by Gasteiger charge is 2.26. The van der Waals surface area contributed by atoms with Gasteiger partial charge in [0.25, 0.3) is 5.91 Å². The fourth-order valence-corrected chi connectivity index (χ4v) is 2.96. The van der Waals surface area contributed by atoms with E-state index in [-0.39, 0.29) is 35.1 Å². The van der Waals surface area contributed by atoms with E-state index in [0.717, 1.165) is 12.1 Å². The van der Waals surface area contributed by atoms with Crippen LogP contribution in [0.5, 0.6) is 0 Å². The maximum Gasteiger partial charge on any atom is 0.332 e. The summed E-state index contributed by atoms with van der Waals surface area (Å²) in [5.74, 6) is -4.86. The number of aliphatic carboxylic acids is 1. The highest BCUT2D eigenvalue weighted by Crippen LogP contribution is 2.31. The van der Waals surface area contributed by atoms with Gasteiger partial charge in [0.05, 0.1) is 0 Å². The van der Waals surface area contributed by atoms with Crippen LogP contribution in [0.3, 0.4) is 0 Å². The minimum Gasteiger partial charge on any atom is -0.478 e. The van der Waals surface area contributed by atoms with Crippen LogP contribution < -0.4 is 5.32 Å². The molecule has 1 aliphatic carbocycles. The van der Waals surface area contributed by atoms with Gasteiger partial charge in [0.1, 0.15) is 23.1 Å². The first-order valence-electron chi connectivity index (χ1n) is 7.89. The van der Waals surface area contributed by atoms with Gasteiger partial charge in [-0.25, -0.2) is 18.0 Å². The number of rotatable bonds is 4. The van der Waals surface area contributed by atoms with Gasteiger partial charge < -0.3 is 10.4 Å². The lowest BCUT2D eigenvalue weighted by atomic mass is 10.0. The van der Waals surface area contributed by atoms with Gasteiger partial charge in [0.15, 0.2) is 0 Å². The zero-order chi connectivity index (χ0) is 18.8. The first-order chi connectivity index (χ1) is 12.4. The number of carbonyl (C=O) groups excluding carboxylic acids is 1. The molecule has 0 bridgehead atoms. The van der Waals surface area contributed by atoms with E-state index in [1.807, 2.05) is 0 Å². The molecule has 1 aliphatic rings. The number of nitrogens with one attached hydrogen (secondary N) is 1. The molecule has 134 valence electrons. The lowest BCUT2D eigenvalue weighted by Crippen LogP contribution is -2.18. The lowest BCUT2D eigenvalue weighted by Gasteiger charge is -2.11. The van der Waals surface area contributed by atoms with Gasteiger partial charge in [-0.15, -0.1) is 0 Å². The van der Waals surface area contributed by atoms with Crippen LogP contribution in [-0.4, -0.2) is 17.0 Å². The van der Waals surface area contributed by atoms with Crippen molar-refractivity contribution in [2.45, 2.75) is 19.3 Å². The molecular weight excluding hydrogens is 347 g/mol. The molecule has 2 N–H and O–H groups in total. The van der Waals surface area contributed by atoms with E-state index < -0.39 is 35.0 Å². The second-order valence-electron chi connectivity index (χ2n) is 5.86. The molecule has 2 aromatic rings. The van der Waals surface area contributed by atoms with Crippen molar-refractivity contribution >= 4 is 17.6 Å². The van der Waals surface area contributed by atoms with Gasteiger partial charge >= 0.3 is 5.97 Å². The van der Waals surface area contributed by atoms with E-state index in [2.05, 4.69) is 5.32 Å². The third-order valence-corrected chi connectivity index (χ3v) is 4.22. The highest BCUT2D eigenvalue weighted by molar-refractivity contribution is 6.09. The fourth-order valence-electron chi connectivity index (χ4n) is 2.96. The van der Waals surface area contributed by atoms with Crippen LogP contribution in [0.1, 0.15) is 19.3 Å². The Bertz CT molecular complexity index is 914. The van der Waals surface area contributed by atoms with Crippen molar-refractivity contribution in [1.29, 1.82) is 0 Å². The molecule has 0 saturated carbocycles. The number of hydrogen-bond acceptors (Lipinski definition) is 2. The summed E-state index contributed by atoms with van der Waals surface area (Å²) in [4.78, 5) is 23.3. The minimum atomic E-state index is -1.22. The first-order valence-corrected chi connectivity index (χ1v) is 7.89. The summed E-state index contributed by atoms with van der Waals surface area (Å²) in [6.45, 7) is 0. The number of carboxylic acids is 1. The Kier molecular flexibility index (Phi) is 4.79. The normalized spacial score (nSPS) is 13.8. The van der Waals surface area contributed by atoms with Crippen LogP contribution in [0, 0.1) is 17.5 Å². The zero-order valence-corrected chi connectivity index (χ0v) is 13.5. The standard InChI is InChI=1S/C19H14F3NO3/c20-14-7-2-1-4-11(14)10-8-15(21)17(16(22)9-10)23-18(24)12-5-3-6-13(12)19(25)26/h1-2,4,7-9H,3,5-6H2,(H,23,24)(H,25,26). The van der Waals surface area contributed by atoms with Crippen molar-refractivity contribution in [2.75, 3.05) is 5.32 Å². The SMILES string of the molecule is O=C(O)C1=C(C(=O)Nc2c(F)cc(-c3ccccc3F)cc2F)CCC1. The monoisotopic (exact) mass is 361 g/mol. The molecule has 0 radical (unpaired) electrons. The Morgan fingerprint density at radius 1 is 0.923 bits per heavy atom. The molecule has 0 fully saturated rings. The molecule has 1 amide bonds. The highest BCUT2D eigenvalue weighted by atomic mass is 19.1. The van der Waals surface area contributed by atoms with Crippen molar-refractivity contribution < 1.29 is 27.9 Å². The van der Waals surface area contributed by atoms with Crippen LogP contribution in [-0.2, 0) is 9.59 Å². The van der Waals surface area contributed by atoms with Gasteiger partial charge in [-0.1, -0.05) is 18.2 Å². The molecule has 0 unspecified atom stereocenters. The van der Waals surface area contributed by atoms with E-state index in [1.54, 1.807) is 0 Å². The number of anilines is 1. The van der Waals surface area contributed by atoms with Crippen LogP contribution in [0.4, 0.5) is 18.9 Å². The smallest absolute Gasteiger partial charge is 0.332 e. The Labute approximate surface area is 147 Å². The predicted octanol–water partition coefficient (Wildman–Crippen LogP) is 4.27. The maximum atomic E-state index is 14.3. The third-order valence-electron chi connectivity index (χ3n) is 4.22. The van der Waals surface area contributed by atoms with Crippen LogP contribution in [0.25, 0.3) is 11.1 Å². The summed E-state index contributed by atoms with van der Waals surface area (Å²) in [6.07, 6.45) is 0.945. The van der Waals surface area contributed by atoms with Crippen LogP contribution in [0.2, 0.25) is 0 Å². The van der Waals surface area contributed by atoms with Crippen molar-refractivity contribution in [3.8, 4) is 11.1 Å². The average Bonchev–Trinajstić information content (AvgIpc) is 3.08. The van der Waals surface area contributed by atoms with Gasteiger partial charge in [0.2, 0.25) is 0 Å². The molecule has 26 heavy (non-hydrogen) atoms. The van der Waals surface area contributed by atoms with Gasteiger partial charge in [-0.05, 0) is 43.0 Å². The molecule has 0 aliphatic heterocycles. The van der Waals surface area contributed by atoms with Gasteiger partial charge in [0, 0.05) is 16.7 Å². The number of carboxylic acid groups (broad SMARTS) is 1. The topological polar surface area (TPSA) is 66.4 Å². The second-order valence-corrected chi connectivity index (χ2v) is 5.86. The summed E-state index contributed by atoms with van der Waals surface area (Å²) < 4.78 is 42.4. The van der Waals surface area contributed by atoms with Crippen LogP contribution >= 0.6 is 0 Å². The van der Waals surface area contributed by atoms with Crippen molar-refractivity contribution in [3.63, 3.8) is 0 Å². The Morgan fingerprint density at radius 3 is 2.15 bits per heavy atom. The molecule has 2 aromatic carbocycles. The molecule has 0 aromatic heterocycles. The summed E-state index contributed by atoms with van der Waals surface area (Å²) in [5.41, 5.74) is -0.725. The van der Waals surface area contributed by atoms with Gasteiger partial charge in [-0.3, -0.25) is 4.79 Å². The van der Waals surface area contributed by atoms with Gasteiger partial charge in [-0.2, -0.15) is 0 Å². The molecule has 0 atom stereocenters. The molecule has 0 spiro atoms. The quantitative estimate of drug-likeness (QED) is 0.854. The summed E-state index contributed by atoms with van der Waals surface area (Å²) in [5, 5.41) is 11.2. The number of benzene rings is 2. The van der Waals surface area contributed by atoms with Crippen molar-refractivity contribution in [2.24, 2.45) is 0 Å². The van der Waals surface area contributed by atoms with E-state index in [9.17, 15) is 22.8 Å². The number of amides is 1. The molecule has 0 saturated heterocycles. The Hall–Kier alpha value is -3.09. The molecule has 7 heteroatoms. The molecule has 3 rings (SSSR count). The number of carbonyl (C=O) groups is 2. The predicted molar refractivity (Wildman–Crippen MR) is 88.9 cm³/mol. The molecule has 4 nitrogen and oxygen atoms in total. The third kappa shape index (κ3) is 3.33. The van der Waals surface area contributed by atoms with E-state index in [0.29, 0.717) is 6.42 Å². The number of hydrogen-bond donors (Lipinski definition) is 2. The summed E-state index contributed by atoms with van der Waals surface area (Å²) >= 11 is 0. The van der Waals surface area contributed by atoms with Crippen molar-refractivity contribution in [1.82, 2.24) is 0 Å². The maximum absolute atomic E-state index is 14.3. The summed E-state index contributed by atoms with van der Waals surface area (Å²) in [7, 11) is 0. The van der Waals surface area contributed by atoms with E-state index in [4.69, 9.17) is 5.11 Å². The van der Waals surface area contributed by atoms with E-state index in [1.165, 1.54) is 24.3 Å². The first kappa shape index (κ1) is 17.7. The lowest BCUT2D eigenvalue weighted by molar-refractivity contribution is -0.133. The van der Waals surface area contributed by atoms with E-state index >= 15 is 0 Å². The second kappa shape index (κ2) is 7.03. The molecule has 0 heterocycles. The largest absolute Gasteiger partial charge is 0.478 e. The summed E-state index contributed by atoms with van der Waals surface area (Å²) in [6, 6.07) is 7.36. The fraction of sp³-hybridized carbons (Fsp3) is 0.158. The Balaban J connectivity index is 1.93. The zero-order valence-electron chi connectivity index (χ0n) is 13.5. The minimum absolute atomic E-state index is 0.00878. The Morgan fingerprint density at radius 2 is 1.54 bits per heavy atom.